The van der Waals surface area contributed by atoms with Crippen LogP contribution < -0.4 is 5.32 Å². The standard InChI is InChI=1S/C11H17N3O2S/c1-14(8-3-4-8)6-5-12-11-13-7-9(17-11)10(15)16-2/h7-8H,3-6H2,1-2H3,(H,12,13). The van der Waals surface area contributed by atoms with E-state index in [1.165, 1.54) is 31.3 Å². The van der Waals surface area contributed by atoms with Gasteiger partial charge < -0.3 is 15.0 Å². The van der Waals surface area contributed by atoms with Crippen LogP contribution in [0.15, 0.2) is 6.20 Å². The van der Waals surface area contributed by atoms with E-state index in [1.807, 2.05) is 0 Å². The molecular formula is C11H17N3O2S. The minimum Gasteiger partial charge on any atom is -0.465 e. The number of aromatic nitrogens is 1. The summed E-state index contributed by atoms with van der Waals surface area (Å²) in [5.74, 6) is -0.328. The van der Waals surface area contributed by atoms with Crippen LogP contribution in [0.3, 0.4) is 0 Å². The van der Waals surface area contributed by atoms with Gasteiger partial charge >= 0.3 is 5.97 Å². The summed E-state index contributed by atoms with van der Waals surface area (Å²) >= 11 is 1.33. The van der Waals surface area contributed by atoms with Crippen LogP contribution in [0.25, 0.3) is 0 Å². The van der Waals surface area contributed by atoms with Gasteiger partial charge in [-0.25, -0.2) is 9.78 Å². The summed E-state index contributed by atoms with van der Waals surface area (Å²) in [4.78, 5) is 18.2. The zero-order chi connectivity index (χ0) is 12.3. The van der Waals surface area contributed by atoms with Gasteiger partial charge in [0.15, 0.2) is 5.13 Å². The van der Waals surface area contributed by atoms with Crippen molar-refractivity contribution in [1.29, 1.82) is 0 Å². The highest BCUT2D eigenvalue weighted by atomic mass is 32.1. The van der Waals surface area contributed by atoms with Crippen LogP contribution in [0.4, 0.5) is 5.13 Å². The van der Waals surface area contributed by atoms with Gasteiger partial charge in [-0.05, 0) is 19.9 Å². The summed E-state index contributed by atoms with van der Waals surface area (Å²) in [5.41, 5.74) is 0. The first kappa shape index (κ1) is 12.3. The second kappa shape index (κ2) is 5.46. The molecule has 1 aromatic rings. The lowest BCUT2D eigenvalue weighted by atomic mass is 10.5. The number of methoxy groups -OCH3 is 1. The molecule has 17 heavy (non-hydrogen) atoms. The molecule has 1 fully saturated rings. The topological polar surface area (TPSA) is 54.5 Å². The highest BCUT2D eigenvalue weighted by Crippen LogP contribution is 2.25. The Kier molecular flexibility index (Phi) is 3.96. The van der Waals surface area contributed by atoms with Crippen molar-refractivity contribution in [2.24, 2.45) is 0 Å². The molecule has 0 spiro atoms. The maximum absolute atomic E-state index is 11.2. The number of anilines is 1. The molecule has 2 rings (SSSR count). The van der Waals surface area contributed by atoms with Gasteiger partial charge in [-0.3, -0.25) is 0 Å². The van der Waals surface area contributed by atoms with E-state index < -0.39 is 0 Å². The Morgan fingerprint density at radius 1 is 1.71 bits per heavy atom. The van der Waals surface area contributed by atoms with E-state index >= 15 is 0 Å². The Morgan fingerprint density at radius 3 is 3.12 bits per heavy atom. The van der Waals surface area contributed by atoms with Gasteiger partial charge in [0.1, 0.15) is 4.88 Å². The fourth-order valence-electron chi connectivity index (χ4n) is 1.59. The summed E-state index contributed by atoms with van der Waals surface area (Å²) in [6.45, 7) is 1.85. The Bertz CT molecular complexity index is 390. The molecule has 0 atom stereocenters. The van der Waals surface area contributed by atoms with Crippen molar-refractivity contribution in [3.8, 4) is 0 Å². The molecule has 1 heterocycles. The third-order valence-electron chi connectivity index (χ3n) is 2.80. The maximum Gasteiger partial charge on any atom is 0.349 e. The van der Waals surface area contributed by atoms with Crippen molar-refractivity contribution in [2.75, 3.05) is 32.6 Å². The molecule has 1 N–H and O–H groups in total. The number of thiazole rings is 1. The number of ether oxygens (including phenoxy) is 1. The predicted octanol–water partition coefficient (Wildman–Crippen LogP) is 1.44. The predicted molar refractivity (Wildman–Crippen MR) is 67.6 cm³/mol. The smallest absolute Gasteiger partial charge is 0.349 e. The molecule has 0 bridgehead atoms. The van der Waals surface area contributed by atoms with E-state index in [9.17, 15) is 4.79 Å². The molecule has 0 aliphatic heterocycles. The number of carbonyl (C=O) groups is 1. The molecule has 0 unspecified atom stereocenters. The van der Waals surface area contributed by atoms with E-state index in [1.54, 1.807) is 6.20 Å². The monoisotopic (exact) mass is 255 g/mol. The number of hydrogen-bond acceptors (Lipinski definition) is 6. The molecule has 0 aromatic carbocycles. The number of nitrogens with one attached hydrogen (secondary N) is 1. The van der Waals surface area contributed by atoms with Crippen molar-refractivity contribution in [3.05, 3.63) is 11.1 Å². The molecule has 1 aliphatic rings. The highest BCUT2D eigenvalue weighted by Gasteiger charge is 2.25. The van der Waals surface area contributed by atoms with E-state index in [0.717, 1.165) is 24.3 Å². The van der Waals surface area contributed by atoms with E-state index in [2.05, 4.69) is 27.0 Å². The van der Waals surface area contributed by atoms with Crippen molar-refractivity contribution in [3.63, 3.8) is 0 Å². The average Bonchev–Trinajstić information content (AvgIpc) is 3.08. The van der Waals surface area contributed by atoms with Crippen LogP contribution in [0, 0.1) is 0 Å². The molecule has 6 heteroatoms. The molecule has 1 saturated carbocycles. The lowest BCUT2D eigenvalue weighted by molar-refractivity contribution is 0.0606. The zero-order valence-corrected chi connectivity index (χ0v) is 10.9. The summed E-state index contributed by atoms with van der Waals surface area (Å²) in [7, 11) is 3.51. The van der Waals surface area contributed by atoms with Gasteiger partial charge in [0.05, 0.1) is 13.3 Å². The lowest BCUT2D eigenvalue weighted by Gasteiger charge is -2.15. The molecule has 0 radical (unpaired) electrons. The fraction of sp³-hybridized carbons (Fsp3) is 0.636. The number of hydrogen-bond donors (Lipinski definition) is 1. The zero-order valence-electron chi connectivity index (χ0n) is 10.1. The van der Waals surface area contributed by atoms with Crippen LogP contribution in [0.5, 0.6) is 0 Å². The van der Waals surface area contributed by atoms with E-state index in [4.69, 9.17) is 0 Å². The quantitative estimate of drug-likeness (QED) is 0.779. The Hall–Kier alpha value is -1.14. The summed E-state index contributed by atoms with van der Waals surface area (Å²) in [5, 5.41) is 3.99. The van der Waals surface area contributed by atoms with Crippen LogP contribution in [0.2, 0.25) is 0 Å². The third kappa shape index (κ3) is 3.41. The SMILES string of the molecule is COC(=O)c1cnc(NCCN(C)C2CC2)s1. The first-order valence-electron chi connectivity index (χ1n) is 5.69. The van der Waals surface area contributed by atoms with Crippen molar-refractivity contribution >= 4 is 22.4 Å². The first-order chi connectivity index (χ1) is 8.20. The van der Waals surface area contributed by atoms with Crippen molar-refractivity contribution in [1.82, 2.24) is 9.88 Å². The molecule has 0 saturated heterocycles. The number of esters is 1. The van der Waals surface area contributed by atoms with Gasteiger partial charge in [0, 0.05) is 19.1 Å². The third-order valence-corrected chi connectivity index (χ3v) is 3.74. The summed E-state index contributed by atoms with van der Waals surface area (Å²) in [6.07, 6.45) is 4.18. The highest BCUT2D eigenvalue weighted by molar-refractivity contribution is 7.17. The van der Waals surface area contributed by atoms with Crippen LogP contribution in [-0.2, 0) is 4.74 Å². The largest absolute Gasteiger partial charge is 0.465 e. The van der Waals surface area contributed by atoms with E-state index in [0.29, 0.717) is 4.88 Å². The minimum absolute atomic E-state index is 0.328. The van der Waals surface area contributed by atoms with Gasteiger partial charge in [0.2, 0.25) is 0 Å². The Labute approximate surface area is 105 Å². The molecule has 1 aliphatic carbocycles. The minimum atomic E-state index is -0.328. The number of nitrogens with zero attached hydrogens (tertiary/aromatic N) is 2. The van der Waals surface area contributed by atoms with Gasteiger partial charge in [-0.1, -0.05) is 11.3 Å². The van der Waals surface area contributed by atoms with Crippen LogP contribution in [0.1, 0.15) is 22.5 Å². The van der Waals surface area contributed by atoms with Crippen LogP contribution >= 0.6 is 11.3 Å². The molecule has 5 nitrogen and oxygen atoms in total. The number of carbonyl (C=O) groups excluding carboxylic acids is 1. The maximum atomic E-state index is 11.2. The molecule has 0 amide bonds. The van der Waals surface area contributed by atoms with Gasteiger partial charge in [-0.2, -0.15) is 0 Å². The van der Waals surface area contributed by atoms with Gasteiger partial charge in [0.25, 0.3) is 0 Å². The van der Waals surface area contributed by atoms with Crippen molar-refractivity contribution < 1.29 is 9.53 Å². The second-order valence-electron chi connectivity index (χ2n) is 4.16. The van der Waals surface area contributed by atoms with Crippen molar-refractivity contribution in [2.45, 2.75) is 18.9 Å². The molecule has 1 aromatic heterocycles. The number of likely N-dealkylation sites (N-methyl/N-ethyl adjacent to an activating group) is 1. The Balaban J connectivity index is 1.74. The Morgan fingerprint density at radius 2 is 2.47 bits per heavy atom. The fourth-order valence-corrected chi connectivity index (χ4v) is 2.35. The summed E-state index contributed by atoms with van der Waals surface area (Å²) < 4.78 is 4.63. The lowest BCUT2D eigenvalue weighted by Crippen LogP contribution is -2.26. The molecular weight excluding hydrogens is 238 g/mol. The number of rotatable bonds is 6. The average molecular weight is 255 g/mol. The molecule has 94 valence electrons. The van der Waals surface area contributed by atoms with Crippen LogP contribution in [-0.4, -0.2) is 49.1 Å². The van der Waals surface area contributed by atoms with Gasteiger partial charge in [-0.15, -0.1) is 0 Å². The normalized spacial score (nSPS) is 15.0. The summed E-state index contributed by atoms with van der Waals surface area (Å²) in [6, 6.07) is 0.777. The van der Waals surface area contributed by atoms with E-state index in [-0.39, 0.29) is 5.97 Å². The second-order valence-corrected chi connectivity index (χ2v) is 5.19. The first-order valence-corrected chi connectivity index (χ1v) is 6.50.